The van der Waals surface area contributed by atoms with Crippen LogP contribution in [0.25, 0.3) is 0 Å². The first kappa shape index (κ1) is 15.4. The predicted molar refractivity (Wildman–Crippen MR) is 69.6 cm³/mol. The third-order valence-electron chi connectivity index (χ3n) is 3.19. The van der Waals surface area contributed by atoms with Crippen LogP contribution in [0.4, 0.5) is 0 Å². The summed E-state index contributed by atoms with van der Waals surface area (Å²) in [4.78, 5) is 24.8. The lowest BCUT2D eigenvalue weighted by molar-refractivity contribution is -0.255. The molecule has 21 heavy (non-hydrogen) atoms. The standard InChI is InChI=1S/C12H16N2O7/c1-3-20-12(6(2)15)9(18)8(17)10(21-12)14-5-4-7(16)13-11(14)19/h4-5,8-10,15,17-18H,2-3H2,1H3,(H,13,16,19)/t8-,9+,10-,12-/m1/s1. The van der Waals surface area contributed by atoms with Gasteiger partial charge in [0, 0.05) is 18.9 Å². The summed E-state index contributed by atoms with van der Waals surface area (Å²) in [5.74, 6) is -2.69. The number of nitrogens with one attached hydrogen (secondary N) is 1. The SMILES string of the molecule is C=C(O)[C@@]1(OCC)O[C@@H](n2ccc(=O)[nH]c2=O)[C@H](O)[C@@H]1O. The number of hydrogen-bond donors (Lipinski definition) is 4. The molecule has 1 aliphatic rings. The summed E-state index contributed by atoms with van der Waals surface area (Å²) >= 11 is 0. The molecule has 0 bridgehead atoms. The van der Waals surface area contributed by atoms with Gasteiger partial charge in [0.2, 0.25) is 0 Å². The third kappa shape index (κ3) is 2.40. The largest absolute Gasteiger partial charge is 0.507 e. The van der Waals surface area contributed by atoms with Gasteiger partial charge in [-0.15, -0.1) is 0 Å². The van der Waals surface area contributed by atoms with E-state index in [1.165, 1.54) is 0 Å². The number of rotatable bonds is 4. The Morgan fingerprint density at radius 2 is 2.24 bits per heavy atom. The molecule has 1 fully saturated rings. The molecule has 0 amide bonds. The summed E-state index contributed by atoms with van der Waals surface area (Å²) in [5.41, 5.74) is -1.46. The highest BCUT2D eigenvalue weighted by Crippen LogP contribution is 2.40. The minimum absolute atomic E-state index is 0.0522. The molecule has 0 aromatic carbocycles. The second kappa shape index (κ2) is 5.45. The summed E-state index contributed by atoms with van der Waals surface area (Å²) in [7, 11) is 0. The zero-order valence-corrected chi connectivity index (χ0v) is 11.2. The fourth-order valence-corrected chi connectivity index (χ4v) is 2.20. The van der Waals surface area contributed by atoms with Crippen LogP contribution in [0.15, 0.2) is 34.2 Å². The van der Waals surface area contributed by atoms with E-state index in [1.807, 2.05) is 4.98 Å². The Morgan fingerprint density at radius 1 is 1.57 bits per heavy atom. The topological polar surface area (TPSA) is 134 Å². The molecule has 116 valence electrons. The van der Waals surface area contributed by atoms with Crippen LogP contribution >= 0.6 is 0 Å². The van der Waals surface area contributed by atoms with Gasteiger partial charge in [-0.05, 0) is 6.92 Å². The van der Waals surface area contributed by atoms with Crippen LogP contribution in [-0.2, 0) is 9.47 Å². The van der Waals surface area contributed by atoms with Crippen LogP contribution in [0.3, 0.4) is 0 Å². The van der Waals surface area contributed by atoms with Crippen molar-refractivity contribution in [2.24, 2.45) is 0 Å². The highest BCUT2D eigenvalue weighted by Gasteiger charge is 2.58. The van der Waals surface area contributed by atoms with Gasteiger partial charge >= 0.3 is 5.69 Å². The molecular weight excluding hydrogens is 284 g/mol. The lowest BCUT2D eigenvalue weighted by Crippen LogP contribution is -2.47. The Hall–Kier alpha value is -1.94. The summed E-state index contributed by atoms with van der Waals surface area (Å²) in [5, 5.41) is 29.8. The van der Waals surface area contributed by atoms with Gasteiger partial charge in [-0.3, -0.25) is 14.3 Å². The Morgan fingerprint density at radius 3 is 2.76 bits per heavy atom. The molecule has 2 heterocycles. The van der Waals surface area contributed by atoms with Crippen molar-refractivity contribution in [2.45, 2.75) is 31.1 Å². The summed E-state index contributed by atoms with van der Waals surface area (Å²) < 4.78 is 11.4. The number of aromatic nitrogens is 2. The van der Waals surface area contributed by atoms with Gasteiger partial charge in [-0.25, -0.2) is 4.79 Å². The predicted octanol–water partition coefficient (Wildman–Crippen LogP) is -1.41. The maximum atomic E-state index is 11.7. The van der Waals surface area contributed by atoms with Gasteiger partial charge in [-0.1, -0.05) is 6.58 Å². The lowest BCUT2D eigenvalue weighted by atomic mass is 10.1. The molecule has 1 saturated heterocycles. The Bertz CT molecular complexity index is 651. The van der Waals surface area contributed by atoms with E-state index in [1.54, 1.807) is 6.92 Å². The maximum Gasteiger partial charge on any atom is 0.330 e. The quantitative estimate of drug-likeness (QED) is 0.502. The van der Waals surface area contributed by atoms with Crippen LogP contribution in [0.1, 0.15) is 13.2 Å². The van der Waals surface area contributed by atoms with Gasteiger partial charge in [-0.2, -0.15) is 0 Å². The third-order valence-corrected chi connectivity index (χ3v) is 3.19. The fourth-order valence-electron chi connectivity index (χ4n) is 2.20. The van der Waals surface area contributed by atoms with E-state index in [9.17, 15) is 24.9 Å². The van der Waals surface area contributed by atoms with Crippen molar-refractivity contribution in [1.82, 2.24) is 9.55 Å². The van der Waals surface area contributed by atoms with Crippen molar-refractivity contribution >= 4 is 0 Å². The molecule has 1 aromatic heterocycles. The molecule has 1 aromatic rings. The van der Waals surface area contributed by atoms with Crippen molar-refractivity contribution in [2.75, 3.05) is 6.61 Å². The zero-order chi connectivity index (χ0) is 15.8. The number of aliphatic hydroxyl groups is 3. The van der Waals surface area contributed by atoms with E-state index in [0.717, 1.165) is 16.8 Å². The molecule has 9 heteroatoms. The van der Waals surface area contributed by atoms with Crippen molar-refractivity contribution in [3.63, 3.8) is 0 Å². The molecule has 4 N–H and O–H groups in total. The lowest BCUT2D eigenvalue weighted by Gasteiger charge is -2.30. The minimum Gasteiger partial charge on any atom is -0.507 e. The van der Waals surface area contributed by atoms with Crippen LogP contribution < -0.4 is 11.2 Å². The van der Waals surface area contributed by atoms with Crippen LogP contribution in [0.5, 0.6) is 0 Å². The first-order valence-electron chi connectivity index (χ1n) is 6.21. The fraction of sp³-hybridized carbons (Fsp3) is 0.500. The highest BCUT2D eigenvalue weighted by molar-refractivity contribution is 5.10. The van der Waals surface area contributed by atoms with Gasteiger partial charge in [0.15, 0.2) is 6.23 Å². The normalized spacial score (nSPS) is 32.2. The van der Waals surface area contributed by atoms with E-state index in [2.05, 4.69) is 6.58 Å². The number of hydrogen-bond acceptors (Lipinski definition) is 7. The van der Waals surface area contributed by atoms with Crippen LogP contribution in [-0.4, -0.2) is 49.5 Å². The van der Waals surface area contributed by atoms with Crippen molar-refractivity contribution in [3.05, 3.63) is 45.4 Å². The van der Waals surface area contributed by atoms with Crippen LogP contribution in [0, 0.1) is 0 Å². The van der Waals surface area contributed by atoms with Crippen molar-refractivity contribution in [1.29, 1.82) is 0 Å². The average molecular weight is 300 g/mol. The summed E-state index contributed by atoms with van der Waals surface area (Å²) in [6.07, 6.45) is -3.51. The smallest absolute Gasteiger partial charge is 0.330 e. The van der Waals surface area contributed by atoms with Gasteiger partial charge in [0.1, 0.15) is 18.0 Å². The average Bonchev–Trinajstić information content (AvgIpc) is 2.66. The van der Waals surface area contributed by atoms with Gasteiger partial charge in [0.25, 0.3) is 11.3 Å². The molecule has 0 aliphatic carbocycles. The molecule has 1 aliphatic heterocycles. The molecule has 2 rings (SSSR count). The zero-order valence-electron chi connectivity index (χ0n) is 11.2. The van der Waals surface area contributed by atoms with Crippen molar-refractivity contribution < 1.29 is 24.8 Å². The van der Waals surface area contributed by atoms with Gasteiger partial charge in [0.05, 0.1) is 0 Å². The Labute approximate surface area is 118 Å². The number of nitrogens with zero attached hydrogens (tertiary/aromatic N) is 1. The van der Waals surface area contributed by atoms with E-state index in [4.69, 9.17) is 9.47 Å². The molecule has 9 nitrogen and oxygen atoms in total. The van der Waals surface area contributed by atoms with Crippen molar-refractivity contribution in [3.8, 4) is 0 Å². The number of aromatic amines is 1. The maximum absolute atomic E-state index is 11.7. The Kier molecular flexibility index (Phi) is 4.01. The van der Waals surface area contributed by atoms with E-state index in [0.29, 0.717) is 0 Å². The first-order valence-corrected chi connectivity index (χ1v) is 6.21. The van der Waals surface area contributed by atoms with Crippen LogP contribution in [0.2, 0.25) is 0 Å². The van der Waals surface area contributed by atoms with E-state index >= 15 is 0 Å². The molecular formula is C12H16N2O7. The molecule has 0 unspecified atom stereocenters. The minimum atomic E-state index is -2.05. The van der Waals surface area contributed by atoms with Gasteiger partial charge < -0.3 is 24.8 Å². The second-order valence-electron chi connectivity index (χ2n) is 4.51. The molecule has 0 spiro atoms. The number of ether oxygens (including phenoxy) is 2. The van der Waals surface area contributed by atoms with E-state index in [-0.39, 0.29) is 6.61 Å². The highest BCUT2D eigenvalue weighted by atomic mass is 16.7. The number of aliphatic hydroxyl groups excluding tert-OH is 3. The Balaban J connectivity index is 2.46. The molecule has 0 radical (unpaired) electrons. The number of H-pyrrole nitrogens is 1. The summed E-state index contributed by atoms with van der Waals surface area (Å²) in [6.45, 7) is 4.91. The second-order valence-corrected chi connectivity index (χ2v) is 4.51. The molecule has 0 saturated carbocycles. The molecule has 4 atom stereocenters. The first-order chi connectivity index (χ1) is 9.83. The van der Waals surface area contributed by atoms with E-state index < -0.39 is 41.2 Å². The summed E-state index contributed by atoms with van der Waals surface area (Å²) in [6, 6.07) is 1.05. The monoisotopic (exact) mass is 300 g/mol.